The molecule has 1 aliphatic rings. The van der Waals surface area contributed by atoms with Gasteiger partial charge in [-0.15, -0.1) is 0 Å². The maximum absolute atomic E-state index is 11.8. The normalized spacial score (nSPS) is 20.6. The molecule has 1 saturated carbocycles. The molecule has 1 aliphatic carbocycles. The summed E-state index contributed by atoms with van der Waals surface area (Å²) >= 11 is 0. The molecule has 1 aromatic rings. The first-order valence-electron chi connectivity index (χ1n) is 8.27. The molecule has 0 saturated heterocycles. The van der Waals surface area contributed by atoms with E-state index in [4.69, 9.17) is 4.74 Å². The Labute approximate surface area is 137 Å². The average molecular weight is 321 g/mol. The van der Waals surface area contributed by atoms with Crippen LogP contribution in [0, 0.1) is 5.92 Å². The summed E-state index contributed by atoms with van der Waals surface area (Å²) in [4.78, 5) is 27.1. The van der Waals surface area contributed by atoms with Gasteiger partial charge in [-0.3, -0.25) is 4.79 Å². The summed E-state index contributed by atoms with van der Waals surface area (Å²) < 4.78 is 5.11. The van der Waals surface area contributed by atoms with E-state index in [1.807, 2.05) is 25.9 Å². The van der Waals surface area contributed by atoms with Crippen molar-refractivity contribution < 1.29 is 9.53 Å². The number of nitrogens with zero attached hydrogens (tertiary/aromatic N) is 4. The van der Waals surface area contributed by atoms with E-state index >= 15 is 0 Å². The van der Waals surface area contributed by atoms with Crippen molar-refractivity contribution in [1.29, 1.82) is 0 Å². The number of anilines is 2. The molecule has 2 rings (SSSR count). The summed E-state index contributed by atoms with van der Waals surface area (Å²) in [5.74, 6) is 2.11. The maximum Gasteiger partial charge on any atom is 0.308 e. The van der Waals surface area contributed by atoms with Crippen LogP contribution in [0.15, 0.2) is 0 Å². The minimum atomic E-state index is -0.0932. The molecule has 0 radical (unpaired) electrons. The number of ether oxygens (including phenoxy) is 1. The van der Waals surface area contributed by atoms with Crippen molar-refractivity contribution in [3.8, 4) is 0 Å². The third kappa shape index (κ3) is 4.53. The Morgan fingerprint density at radius 3 is 2.65 bits per heavy atom. The summed E-state index contributed by atoms with van der Waals surface area (Å²) in [5, 5.41) is 3.36. The Kier molecular flexibility index (Phi) is 5.74. The van der Waals surface area contributed by atoms with Crippen LogP contribution >= 0.6 is 0 Å². The number of carbonyl (C=O) groups is 1. The molecule has 23 heavy (non-hydrogen) atoms. The summed E-state index contributed by atoms with van der Waals surface area (Å²) in [6.07, 6.45) is 2.53. The molecule has 1 heterocycles. The average Bonchev–Trinajstić information content (AvgIpc) is 2.95. The van der Waals surface area contributed by atoms with Crippen molar-refractivity contribution >= 4 is 17.9 Å². The molecule has 2 atom stereocenters. The SMILES string of the molecule is CCOC(=O)C1CCC(Nc2nc(C(C)C)nc(N(C)C)n2)C1. The highest BCUT2D eigenvalue weighted by Gasteiger charge is 2.31. The number of hydrogen-bond donors (Lipinski definition) is 1. The van der Waals surface area contributed by atoms with E-state index in [1.54, 1.807) is 0 Å². The summed E-state index contributed by atoms with van der Waals surface area (Å²) in [6.45, 7) is 6.39. The van der Waals surface area contributed by atoms with Crippen molar-refractivity contribution in [1.82, 2.24) is 15.0 Å². The number of esters is 1. The van der Waals surface area contributed by atoms with Crippen molar-refractivity contribution in [2.24, 2.45) is 5.92 Å². The van der Waals surface area contributed by atoms with Gasteiger partial charge in [-0.1, -0.05) is 13.8 Å². The van der Waals surface area contributed by atoms with Crippen LogP contribution < -0.4 is 10.2 Å². The minimum absolute atomic E-state index is 0.0211. The minimum Gasteiger partial charge on any atom is -0.466 e. The van der Waals surface area contributed by atoms with E-state index in [0.29, 0.717) is 18.5 Å². The molecule has 2 unspecified atom stereocenters. The van der Waals surface area contributed by atoms with Crippen molar-refractivity contribution in [2.75, 3.05) is 30.9 Å². The topological polar surface area (TPSA) is 80.2 Å². The highest BCUT2D eigenvalue weighted by Crippen LogP contribution is 2.29. The van der Waals surface area contributed by atoms with E-state index in [0.717, 1.165) is 25.1 Å². The predicted octanol–water partition coefficient (Wildman–Crippen LogP) is 2.20. The lowest BCUT2D eigenvalue weighted by Crippen LogP contribution is -2.23. The monoisotopic (exact) mass is 321 g/mol. The number of aromatic nitrogens is 3. The molecule has 7 heteroatoms. The molecule has 0 amide bonds. The van der Waals surface area contributed by atoms with Crippen LogP contribution in [0.2, 0.25) is 0 Å². The van der Waals surface area contributed by atoms with Gasteiger partial charge >= 0.3 is 5.97 Å². The highest BCUT2D eigenvalue weighted by atomic mass is 16.5. The van der Waals surface area contributed by atoms with Crippen molar-refractivity contribution in [2.45, 2.75) is 52.0 Å². The summed E-state index contributed by atoms with van der Waals surface area (Å²) in [5.41, 5.74) is 0. The van der Waals surface area contributed by atoms with Gasteiger partial charge in [0.15, 0.2) is 0 Å². The number of carbonyl (C=O) groups excluding carboxylic acids is 1. The van der Waals surface area contributed by atoms with Crippen molar-refractivity contribution in [3.63, 3.8) is 0 Å². The summed E-state index contributed by atoms with van der Waals surface area (Å²) in [7, 11) is 3.82. The van der Waals surface area contributed by atoms with Gasteiger partial charge < -0.3 is 15.0 Å². The Morgan fingerprint density at radius 1 is 1.30 bits per heavy atom. The first-order valence-corrected chi connectivity index (χ1v) is 8.27. The van der Waals surface area contributed by atoms with Gasteiger partial charge in [-0.25, -0.2) is 0 Å². The van der Waals surface area contributed by atoms with Gasteiger partial charge in [0.2, 0.25) is 11.9 Å². The lowest BCUT2D eigenvalue weighted by molar-refractivity contribution is -0.147. The van der Waals surface area contributed by atoms with Crippen LogP contribution in [-0.4, -0.2) is 47.7 Å². The Hall–Kier alpha value is -1.92. The van der Waals surface area contributed by atoms with Gasteiger partial charge in [-0.2, -0.15) is 15.0 Å². The highest BCUT2D eigenvalue weighted by molar-refractivity contribution is 5.73. The third-order valence-corrected chi connectivity index (χ3v) is 3.94. The van der Waals surface area contributed by atoms with E-state index in [9.17, 15) is 4.79 Å². The lowest BCUT2D eigenvalue weighted by Gasteiger charge is -2.17. The van der Waals surface area contributed by atoms with E-state index < -0.39 is 0 Å². The fraction of sp³-hybridized carbons (Fsp3) is 0.750. The van der Waals surface area contributed by atoms with Crippen molar-refractivity contribution in [3.05, 3.63) is 5.82 Å². The summed E-state index contributed by atoms with van der Waals surface area (Å²) in [6, 6.07) is 0.196. The van der Waals surface area contributed by atoms with Crippen LogP contribution in [0.1, 0.15) is 51.8 Å². The van der Waals surface area contributed by atoms with Crippen LogP contribution in [0.3, 0.4) is 0 Å². The van der Waals surface area contributed by atoms with Crippen LogP contribution in [0.25, 0.3) is 0 Å². The quantitative estimate of drug-likeness (QED) is 0.804. The second-order valence-corrected chi connectivity index (χ2v) is 6.47. The van der Waals surface area contributed by atoms with E-state index in [-0.39, 0.29) is 23.8 Å². The van der Waals surface area contributed by atoms with Crippen LogP contribution in [0.4, 0.5) is 11.9 Å². The van der Waals surface area contributed by atoms with E-state index in [1.165, 1.54) is 0 Å². The molecule has 7 nitrogen and oxygen atoms in total. The molecule has 1 aromatic heterocycles. The zero-order chi connectivity index (χ0) is 17.0. The fourth-order valence-corrected chi connectivity index (χ4v) is 2.67. The largest absolute Gasteiger partial charge is 0.466 e. The second kappa shape index (κ2) is 7.57. The standard InChI is InChI=1S/C16H27N5O2/c1-6-23-14(22)11-7-8-12(9-11)17-15-18-13(10(2)3)19-16(20-15)21(4)5/h10-12H,6-9H2,1-5H3,(H,17,18,19,20). The third-order valence-electron chi connectivity index (χ3n) is 3.94. The van der Waals surface area contributed by atoms with Crippen LogP contribution in [0.5, 0.6) is 0 Å². The smallest absolute Gasteiger partial charge is 0.308 e. The van der Waals surface area contributed by atoms with Gasteiger partial charge in [0.05, 0.1) is 12.5 Å². The van der Waals surface area contributed by atoms with Gasteiger partial charge in [0.25, 0.3) is 0 Å². The van der Waals surface area contributed by atoms with Gasteiger partial charge in [0, 0.05) is 26.1 Å². The predicted molar refractivity (Wildman–Crippen MR) is 89.6 cm³/mol. The fourth-order valence-electron chi connectivity index (χ4n) is 2.67. The number of rotatable bonds is 6. The molecule has 1 fully saturated rings. The van der Waals surface area contributed by atoms with Crippen LogP contribution in [-0.2, 0) is 9.53 Å². The molecular formula is C16H27N5O2. The first-order chi connectivity index (χ1) is 10.9. The number of nitrogens with one attached hydrogen (secondary N) is 1. The van der Waals surface area contributed by atoms with Gasteiger partial charge in [-0.05, 0) is 26.2 Å². The van der Waals surface area contributed by atoms with Gasteiger partial charge in [0.1, 0.15) is 5.82 Å². The molecule has 0 spiro atoms. The van der Waals surface area contributed by atoms with E-state index in [2.05, 4.69) is 34.1 Å². The first kappa shape index (κ1) is 17.4. The molecule has 0 aliphatic heterocycles. The molecular weight excluding hydrogens is 294 g/mol. The maximum atomic E-state index is 11.8. The Morgan fingerprint density at radius 2 is 2.04 bits per heavy atom. The molecule has 1 N–H and O–H groups in total. The zero-order valence-electron chi connectivity index (χ0n) is 14.7. The Balaban J connectivity index is 2.07. The second-order valence-electron chi connectivity index (χ2n) is 6.47. The number of hydrogen-bond acceptors (Lipinski definition) is 7. The molecule has 0 aromatic carbocycles. The Bertz CT molecular complexity index is 521. The zero-order valence-corrected chi connectivity index (χ0v) is 14.7. The lowest BCUT2D eigenvalue weighted by atomic mass is 10.1. The molecule has 0 bridgehead atoms. The molecule has 128 valence electrons.